The van der Waals surface area contributed by atoms with Gasteiger partial charge in [0.25, 0.3) is 11.8 Å². The standard InChI is InChI=1S/C22H18FN3O2/c23-16-10-12-17(13-11-16)24-21(27)18-7-3-8-19(25-18)22(28)26-14-4-6-15-5-1-2-9-20(15)26/h1-3,5,7-13H,4,6,14H2,(H,24,27). The average Bonchev–Trinajstić information content (AvgIpc) is 2.74. The van der Waals surface area contributed by atoms with Gasteiger partial charge in [-0.15, -0.1) is 0 Å². The number of nitrogens with one attached hydrogen (secondary N) is 1. The van der Waals surface area contributed by atoms with E-state index in [0.717, 1.165) is 24.1 Å². The summed E-state index contributed by atoms with van der Waals surface area (Å²) < 4.78 is 13.0. The first-order valence-electron chi connectivity index (χ1n) is 9.05. The number of para-hydroxylation sites is 1. The minimum atomic E-state index is -0.458. The smallest absolute Gasteiger partial charge is 0.276 e. The molecule has 2 amide bonds. The van der Waals surface area contributed by atoms with Crippen LogP contribution in [-0.2, 0) is 6.42 Å². The van der Waals surface area contributed by atoms with Crippen LogP contribution >= 0.6 is 0 Å². The predicted molar refractivity (Wildman–Crippen MR) is 105 cm³/mol. The minimum absolute atomic E-state index is 0.125. The summed E-state index contributed by atoms with van der Waals surface area (Å²) in [5.74, 6) is -1.07. The molecule has 2 aromatic carbocycles. The maximum atomic E-state index is 13.0. The van der Waals surface area contributed by atoms with Crippen molar-refractivity contribution in [2.24, 2.45) is 0 Å². The Morgan fingerprint density at radius 2 is 1.68 bits per heavy atom. The van der Waals surface area contributed by atoms with Gasteiger partial charge in [-0.2, -0.15) is 0 Å². The number of nitrogens with zero attached hydrogens (tertiary/aromatic N) is 2. The van der Waals surface area contributed by atoms with Gasteiger partial charge in [-0.3, -0.25) is 9.59 Å². The number of hydrogen-bond acceptors (Lipinski definition) is 3. The summed E-state index contributed by atoms with van der Waals surface area (Å²) >= 11 is 0. The summed E-state index contributed by atoms with van der Waals surface area (Å²) in [7, 11) is 0. The van der Waals surface area contributed by atoms with E-state index in [2.05, 4.69) is 10.3 Å². The van der Waals surface area contributed by atoms with Crippen LogP contribution in [0.1, 0.15) is 33.0 Å². The van der Waals surface area contributed by atoms with Crippen LogP contribution in [0.5, 0.6) is 0 Å². The lowest BCUT2D eigenvalue weighted by atomic mass is 10.0. The molecular weight excluding hydrogens is 357 g/mol. The van der Waals surface area contributed by atoms with E-state index in [9.17, 15) is 14.0 Å². The molecule has 4 rings (SSSR count). The molecule has 3 aromatic rings. The quantitative estimate of drug-likeness (QED) is 0.751. The second kappa shape index (κ2) is 7.60. The molecule has 0 fully saturated rings. The largest absolute Gasteiger partial charge is 0.321 e. The van der Waals surface area contributed by atoms with Crippen LogP contribution in [0, 0.1) is 5.82 Å². The summed E-state index contributed by atoms with van der Waals surface area (Å²) in [5, 5.41) is 2.65. The third kappa shape index (κ3) is 3.62. The summed E-state index contributed by atoms with van der Waals surface area (Å²) in [6.45, 7) is 0.615. The van der Waals surface area contributed by atoms with E-state index in [1.165, 1.54) is 24.3 Å². The van der Waals surface area contributed by atoms with E-state index in [1.54, 1.807) is 23.1 Å². The van der Waals surface area contributed by atoms with Gasteiger partial charge in [-0.1, -0.05) is 24.3 Å². The Bertz CT molecular complexity index is 1030. The molecule has 1 aliphatic rings. The fourth-order valence-corrected chi connectivity index (χ4v) is 3.29. The van der Waals surface area contributed by atoms with Crippen LogP contribution in [0.25, 0.3) is 0 Å². The van der Waals surface area contributed by atoms with Gasteiger partial charge in [0.05, 0.1) is 0 Å². The summed E-state index contributed by atoms with van der Waals surface area (Å²) in [5.41, 5.74) is 2.81. The van der Waals surface area contributed by atoms with Crippen molar-refractivity contribution in [2.75, 3.05) is 16.8 Å². The van der Waals surface area contributed by atoms with Gasteiger partial charge in [-0.05, 0) is 60.9 Å². The molecule has 28 heavy (non-hydrogen) atoms. The normalized spacial score (nSPS) is 13.0. The van der Waals surface area contributed by atoms with Gasteiger partial charge < -0.3 is 10.2 Å². The zero-order chi connectivity index (χ0) is 19.5. The fraction of sp³-hybridized carbons (Fsp3) is 0.136. The highest BCUT2D eigenvalue weighted by molar-refractivity contribution is 6.07. The number of aryl methyl sites for hydroxylation is 1. The van der Waals surface area contributed by atoms with Crippen molar-refractivity contribution in [3.8, 4) is 0 Å². The number of aromatic nitrogens is 1. The van der Waals surface area contributed by atoms with E-state index >= 15 is 0 Å². The first-order chi connectivity index (χ1) is 13.6. The second-order valence-corrected chi connectivity index (χ2v) is 6.56. The van der Waals surface area contributed by atoms with Crippen molar-refractivity contribution in [3.05, 3.63) is 89.5 Å². The lowest BCUT2D eigenvalue weighted by Crippen LogP contribution is -2.36. The van der Waals surface area contributed by atoms with Crippen molar-refractivity contribution in [1.29, 1.82) is 0 Å². The van der Waals surface area contributed by atoms with Crippen molar-refractivity contribution in [2.45, 2.75) is 12.8 Å². The van der Waals surface area contributed by atoms with Crippen LogP contribution in [-0.4, -0.2) is 23.3 Å². The molecule has 1 N–H and O–H groups in total. The molecule has 0 atom stereocenters. The van der Waals surface area contributed by atoms with E-state index in [0.29, 0.717) is 12.2 Å². The maximum Gasteiger partial charge on any atom is 0.276 e. The molecule has 1 aromatic heterocycles. The second-order valence-electron chi connectivity index (χ2n) is 6.56. The molecule has 0 aliphatic carbocycles. The number of hydrogen-bond donors (Lipinski definition) is 1. The van der Waals surface area contributed by atoms with Gasteiger partial charge in [0.15, 0.2) is 0 Å². The van der Waals surface area contributed by atoms with E-state index in [1.807, 2.05) is 24.3 Å². The summed E-state index contributed by atoms with van der Waals surface area (Å²) in [6, 6.07) is 18.1. The van der Waals surface area contributed by atoms with Crippen LogP contribution in [0.2, 0.25) is 0 Å². The van der Waals surface area contributed by atoms with Crippen LogP contribution < -0.4 is 10.2 Å². The number of carbonyl (C=O) groups is 2. The average molecular weight is 375 g/mol. The highest BCUT2D eigenvalue weighted by Gasteiger charge is 2.24. The van der Waals surface area contributed by atoms with E-state index < -0.39 is 5.91 Å². The van der Waals surface area contributed by atoms with Gasteiger partial charge >= 0.3 is 0 Å². The Morgan fingerprint density at radius 3 is 2.50 bits per heavy atom. The van der Waals surface area contributed by atoms with Crippen molar-refractivity contribution < 1.29 is 14.0 Å². The van der Waals surface area contributed by atoms with Crippen LogP contribution in [0.3, 0.4) is 0 Å². The number of anilines is 2. The lowest BCUT2D eigenvalue weighted by Gasteiger charge is -2.29. The topological polar surface area (TPSA) is 62.3 Å². The van der Waals surface area contributed by atoms with Crippen LogP contribution in [0.4, 0.5) is 15.8 Å². The first kappa shape index (κ1) is 17.9. The molecule has 0 saturated carbocycles. The first-order valence-corrected chi connectivity index (χ1v) is 9.05. The molecular formula is C22H18FN3O2. The third-order valence-electron chi connectivity index (χ3n) is 4.66. The number of pyridine rings is 1. The van der Waals surface area contributed by atoms with Crippen LogP contribution in [0.15, 0.2) is 66.7 Å². The Balaban J connectivity index is 1.56. The zero-order valence-corrected chi connectivity index (χ0v) is 15.1. The fourth-order valence-electron chi connectivity index (χ4n) is 3.29. The molecule has 0 spiro atoms. The number of rotatable bonds is 3. The number of amides is 2. The number of halogens is 1. The SMILES string of the molecule is O=C(Nc1ccc(F)cc1)c1cccc(C(=O)N2CCCc3ccccc32)n1. The summed E-state index contributed by atoms with van der Waals surface area (Å²) in [4.78, 5) is 31.4. The molecule has 1 aliphatic heterocycles. The number of benzene rings is 2. The van der Waals surface area contributed by atoms with Crippen molar-refractivity contribution >= 4 is 23.2 Å². The van der Waals surface area contributed by atoms with Crippen molar-refractivity contribution in [1.82, 2.24) is 4.98 Å². The Labute approximate surface area is 161 Å². The van der Waals surface area contributed by atoms with E-state index in [4.69, 9.17) is 0 Å². The molecule has 140 valence electrons. The summed E-state index contributed by atoms with van der Waals surface area (Å²) in [6.07, 6.45) is 1.82. The Kier molecular flexibility index (Phi) is 4.85. The maximum absolute atomic E-state index is 13.0. The Hall–Kier alpha value is -3.54. The Morgan fingerprint density at radius 1 is 0.929 bits per heavy atom. The van der Waals surface area contributed by atoms with Gasteiger partial charge in [0.2, 0.25) is 0 Å². The highest BCUT2D eigenvalue weighted by atomic mass is 19.1. The van der Waals surface area contributed by atoms with Gasteiger partial charge in [0, 0.05) is 17.9 Å². The minimum Gasteiger partial charge on any atom is -0.321 e. The molecule has 5 nitrogen and oxygen atoms in total. The van der Waals surface area contributed by atoms with Gasteiger partial charge in [-0.25, -0.2) is 9.37 Å². The highest BCUT2D eigenvalue weighted by Crippen LogP contribution is 2.27. The zero-order valence-electron chi connectivity index (χ0n) is 15.1. The molecule has 0 unspecified atom stereocenters. The third-order valence-corrected chi connectivity index (χ3v) is 4.66. The molecule has 2 heterocycles. The molecule has 6 heteroatoms. The molecule has 0 bridgehead atoms. The molecule has 0 radical (unpaired) electrons. The molecule has 0 saturated heterocycles. The van der Waals surface area contributed by atoms with Crippen molar-refractivity contribution in [3.63, 3.8) is 0 Å². The number of fused-ring (bicyclic) bond motifs is 1. The van der Waals surface area contributed by atoms with E-state index in [-0.39, 0.29) is 23.1 Å². The lowest BCUT2D eigenvalue weighted by molar-refractivity contribution is 0.0980. The van der Waals surface area contributed by atoms with Gasteiger partial charge in [0.1, 0.15) is 17.2 Å². The monoisotopic (exact) mass is 375 g/mol. The predicted octanol–water partition coefficient (Wildman–Crippen LogP) is 4.07. The number of carbonyl (C=O) groups excluding carboxylic acids is 2.